The average Bonchev–Trinajstić information content (AvgIpc) is 3.23. The van der Waals surface area contributed by atoms with E-state index in [0.29, 0.717) is 24.6 Å². The van der Waals surface area contributed by atoms with Crippen molar-refractivity contribution in [1.29, 1.82) is 0 Å². The van der Waals surface area contributed by atoms with Crippen LogP contribution in [0.25, 0.3) is 0 Å². The van der Waals surface area contributed by atoms with Gasteiger partial charge in [-0.25, -0.2) is 0 Å². The molecule has 0 aliphatic carbocycles. The lowest BCUT2D eigenvalue weighted by atomic mass is 9.85. The van der Waals surface area contributed by atoms with Gasteiger partial charge in [0.25, 0.3) is 5.91 Å². The highest BCUT2D eigenvalue weighted by atomic mass is 32.2. The summed E-state index contributed by atoms with van der Waals surface area (Å²) in [6.07, 6.45) is 6.86. The molecule has 1 aromatic heterocycles. The summed E-state index contributed by atoms with van der Waals surface area (Å²) < 4.78 is 1.85. The molecule has 0 aromatic carbocycles. The summed E-state index contributed by atoms with van der Waals surface area (Å²) in [5, 5.41) is 15.0. The van der Waals surface area contributed by atoms with Gasteiger partial charge in [0, 0.05) is 44.2 Å². The number of thioether (sulfide) groups is 1. The lowest BCUT2D eigenvalue weighted by Crippen LogP contribution is -2.51. The molecule has 0 saturated carbocycles. The third-order valence-corrected chi connectivity index (χ3v) is 6.76. The minimum Gasteiger partial charge on any atom is -0.379 e. The van der Waals surface area contributed by atoms with Gasteiger partial charge in [0.2, 0.25) is 0 Å². The van der Waals surface area contributed by atoms with Gasteiger partial charge in [-0.05, 0) is 44.0 Å². The second kappa shape index (κ2) is 7.68. The van der Waals surface area contributed by atoms with Gasteiger partial charge in [0.1, 0.15) is 0 Å². The first kappa shape index (κ1) is 18.7. The molecule has 7 heteroatoms. The molecule has 140 valence electrons. The number of aryl methyl sites for hydroxylation is 1. The van der Waals surface area contributed by atoms with Gasteiger partial charge in [0.05, 0.1) is 6.20 Å². The Bertz CT molecular complexity index is 600. The van der Waals surface area contributed by atoms with Gasteiger partial charge < -0.3 is 10.0 Å². The monoisotopic (exact) mass is 366 g/mol. The minimum atomic E-state index is -1.16. The minimum absolute atomic E-state index is 0.115. The molecule has 2 saturated heterocycles. The zero-order chi connectivity index (χ0) is 18.0. The van der Waals surface area contributed by atoms with Crippen LogP contribution in [-0.4, -0.2) is 74.4 Å². The number of amides is 1. The largest absolute Gasteiger partial charge is 0.379 e. The maximum absolute atomic E-state index is 12.8. The molecule has 3 heterocycles. The maximum atomic E-state index is 12.8. The number of piperidine rings is 1. The van der Waals surface area contributed by atoms with Crippen LogP contribution in [0.1, 0.15) is 37.8 Å². The molecule has 1 aromatic rings. The Morgan fingerprint density at radius 1 is 1.56 bits per heavy atom. The Kier molecular flexibility index (Phi) is 5.75. The highest BCUT2D eigenvalue weighted by Crippen LogP contribution is 2.37. The number of nitrogens with zero attached hydrogens (tertiary/aromatic N) is 4. The van der Waals surface area contributed by atoms with E-state index in [0.717, 1.165) is 31.7 Å². The summed E-state index contributed by atoms with van der Waals surface area (Å²) in [6.45, 7) is 4.96. The maximum Gasteiger partial charge on any atom is 0.255 e. The predicted octanol–water partition coefficient (Wildman–Crippen LogP) is 1.52. The van der Waals surface area contributed by atoms with Crippen LogP contribution in [0, 0.1) is 5.92 Å². The van der Waals surface area contributed by atoms with E-state index < -0.39 is 5.60 Å². The smallest absolute Gasteiger partial charge is 0.255 e. The van der Waals surface area contributed by atoms with Crippen LogP contribution in [-0.2, 0) is 11.8 Å². The average molecular weight is 367 g/mol. The molecular weight excluding hydrogens is 336 g/mol. The number of carbonyl (C=O) groups excluding carboxylic acids is 1. The predicted molar refractivity (Wildman–Crippen MR) is 100 cm³/mol. The zero-order valence-electron chi connectivity index (χ0n) is 15.5. The van der Waals surface area contributed by atoms with Crippen LogP contribution >= 0.6 is 11.8 Å². The van der Waals surface area contributed by atoms with Gasteiger partial charge in [-0.15, -0.1) is 0 Å². The quantitative estimate of drug-likeness (QED) is 0.856. The van der Waals surface area contributed by atoms with E-state index in [1.54, 1.807) is 16.7 Å². The van der Waals surface area contributed by atoms with Crippen molar-refractivity contribution >= 4 is 17.7 Å². The number of hydrogen-bond acceptors (Lipinski definition) is 5. The van der Waals surface area contributed by atoms with E-state index in [9.17, 15) is 9.90 Å². The second-order valence-corrected chi connectivity index (χ2v) is 8.55. The summed E-state index contributed by atoms with van der Waals surface area (Å²) in [5.74, 6) is 1.63. The fourth-order valence-electron chi connectivity index (χ4n) is 4.29. The third kappa shape index (κ3) is 3.88. The summed E-state index contributed by atoms with van der Waals surface area (Å²) in [4.78, 5) is 17.0. The Morgan fingerprint density at radius 3 is 2.96 bits per heavy atom. The molecule has 3 rings (SSSR count). The molecule has 2 aliphatic heterocycles. The summed E-state index contributed by atoms with van der Waals surface area (Å²) in [6, 6.07) is 0.287. The van der Waals surface area contributed by atoms with Crippen LogP contribution in [0.15, 0.2) is 12.4 Å². The summed E-state index contributed by atoms with van der Waals surface area (Å²) >= 11 is 1.66. The molecular formula is C18H30N4O2S. The van der Waals surface area contributed by atoms with E-state index in [2.05, 4.69) is 23.1 Å². The Hall–Kier alpha value is -1.05. The highest BCUT2D eigenvalue weighted by molar-refractivity contribution is 7.99. The molecule has 3 atom stereocenters. The third-order valence-electron chi connectivity index (χ3n) is 5.59. The van der Waals surface area contributed by atoms with Gasteiger partial charge >= 0.3 is 0 Å². The second-order valence-electron chi connectivity index (χ2n) is 7.44. The fraction of sp³-hybridized carbons (Fsp3) is 0.778. The van der Waals surface area contributed by atoms with Crippen LogP contribution in [0.2, 0.25) is 0 Å². The van der Waals surface area contributed by atoms with E-state index >= 15 is 0 Å². The number of likely N-dealkylation sites (N-methyl/N-ethyl adjacent to an activating group) is 1. The summed E-state index contributed by atoms with van der Waals surface area (Å²) in [7, 11) is 3.79. The molecule has 0 radical (unpaired) electrons. The topological polar surface area (TPSA) is 61.6 Å². The Balaban J connectivity index is 1.75. The number of aliphatic hydroxyl groups is 1. The van der Waals surface area contributed by atoms with E-state index in [-0.39, 0.29) is 11.9 Å². The lowest BCUT2D eigenvalue weighted by molar-refractivity contribution is -0.148. The van der Waals surface area contributed by atoms with Crippen molar-refractivity contribution in [3.63, 3.8) is 0 Å². The van der Waals surface area contributed by atoms with Gasteiger partial charge in [-0.3, -0.25) is 14.4 Å². The first-order valence-corrected chi connectivity index (χ1v) is 10.4. The van der Waals surface area contributed by atoms with Crippen LogP contribution in [0.5, 0.6) is 0 Å². The van der Waals surface area contributed by atoms with Crippen molar-refractivity contribution in [2.45, 2.75) is 37.8 Å². The van der Waals surface area contributed by atoms with Gasteiger partial charge in [0.15, 0.2) is 5.60 Å². The number of carbonyl (C=O) groups is 1. The molecule has 6 nitrogen and oxygen atoms in total. The molecule has 0 unspecified atom stereocenters. The molecule has 1 amide bonds. The van der Waals surface area contributed by atoms with Crippen molar-refractivity contribution in [3.05, 3.63) is 18.0 Å². The Morgan fingerprint density at radius 2 is 2.36 bits per heavy atom. The molecule has 0 bridgehead atoms. The first-order chi connectivity index (χ1) is 11.9. The lowest BCUT2D eigenvalue weighted by Gasteiger charge is -2.42. The van der Waals surface area contributed by atoms with Crippen molar-refractivity contribution in [2.24, 2.45) is 13.0 Å². The van der Waals surface area contributed by atoms with Crippen molar-refractivity contribution in [1.82, 2.24) is 19.6 Å². The van der Waals surface area contributed by atoms with Crippen molar-refractivity contribution in [2.75, 3.05) is 38.2 Å². The van der Waals surface area contributed by atoms with Crippen LogP contribution in [0.3, 0.4) is 0 Å². The van der Waals surface area contributed by atoms with Crippen LogP contribution in [0.4, 0.5) is 0 Å². The molecule has 2 aliphatic rings. The molecule has 1 N–H and O–H groups in total. The van der Waals surface area contributed by atoms with Crippen molar-refractivity contribution < 1.29 is 9.90 Å². The number of aromatic nitrogens is 2. The molecule has 2 fully saturated rings. The van der Waals surface area contributed by atoms with E-state index in [4.69, 9.17) is 0 Å². The highest BCUT2D eigenvalue weighted by Gasteiger charge is 2.42. The van der Waals surface area contributed by atoms with Crippen LogP contribution < -0.4 is 0 Å². The SMILES string of the molecule is CCN1CCC[C@@H](CN(C)C(=O)[C@]2(O)CCSC2)[C@@H]1c1cnn(C)c1. The fourth-order valence-corrected chi connectivity index (χ4v) is 5.52. The van der Waals surface area contributed by atoms with E-state index in [1.807, 2.05) is 25.0 Å². The van der Waals surface area contributed by atoms with Gasteiger partial charge in [-0.2, -0.15) is 16.9 Å². The number of rotatable bonds is 5. The van der Waals surface area contributed by atoms with E-state index in [1.165, 1.54) is 5.56 Å². The number of likely N-dealkylation sites (tertiary alicyclic amines) is 1. The zero-order valence-corrected chi connectivity index (χ0v) is 16.3. The summed E-state index contributed by atoms with van der Waals surface area (Å²) in [5.41, 5.74) is 0.0625. The standard InChI is InChI=1S/C18H30N4O2S/c1-4-22-8-5-6-14(16(22)15-10-19-21(3)12-15)11-20(2)17(23)18(24)7-9-25-13-18/h10,12,14,16,24H,4-9,11,13H2,1-3H3/t14-,16+,18-/m0/s1. The first-order valence-electron chi connectivity index (χ1n) is 9.23. The molecule has 25 heavy (non-hydrogen) atoms. The molecule has 0 spiro atoms. The number of hydrogen-bond donors (Lipinski definition) is 1. The normalized spacial score (nSPS) is 30.6. The van der Waals surface area contributed by atoms with Crippen molar-refractivity contribution in [3.8, 4) is 0 Å². The Labute approximate surface area is 154 Å². The van der Waals surface area contributed by atoms with Gasteiger partial charge in [-0.1, -0.05) is 6.92 Å².